The number of phenolic OH excluding ortho intramolecular Hbond substituents is 3. The minimum Gasteiger partial charge on any atom is -0.508 e. The Morgan fingerprint density at radius 2 is 1.54 bits per heavy atom. The van der Waals surface area contributed by atoms with Gasteiger partial charge in [-0.2, -0.15) is 5.10 Å². The molecule has 1 aromatic heterocycles. The lowest BCUT2D eigenvalue weighted by Crippen LogP contribution is -1.96. The molecule has 6 nitrogen and oxygen atoms in total. The highest BCUT2D eigenvalue weighted by atomic mass is 16.5. The summed E-state index contributed by atoms with van der Waals surface area (Å²) in [6, 6.07) is 16.7. The summed E-state index contributed by atoms with van der Waals surface area (Å²) in [5.74, 6) is 0.750. The Morgan fingerprint density at radius 3 is 2.23 bits per heavy atom. The normalized spacial score (nSPS) is 11.0. The summed E-state index contributed by atoms with van der Waals surface area (Å²) < 4.78 is 6.88. The van der Waals surface area contributed by atoms with E-state index >= 15 is 0 Å². The average Bonchev–Trinajstić information content (AvgIpc) is 3.00. The largest absolute Gasteiger partial charge is 0.508 e. The van der Waals surface area contributed by atoms with Gasteiger partial charge in [0, 0.05) is 23.1 Å². The van der Waals surface area contributed by atoms with Crippen LogP contribution >= 0.6 is 0 Å². The lowest BCUT2D eigenvalue weighted by atomic mass is 10.1. The van der Waals surface area contributed by atoms with Crippen LogP contribution in [0.4, 0.5) is 0 Å². The van der Waals surface area contributed by atoms with Gasteiger partial charge in [0.25, 0.3) is 0 Å². The van der Waals surface area contributed by atoms with Gasteiger partial charge in [-0.1, -0.05) is 0 Å². The highest BCUT2D eigenvalue weighted by Gasteiger charge is 2.17. The molecule has 0 unspecified atom stereocenters. The first-order valence-corrected chi connectivity index (χ1v) is 7.95. The Balaban J connectivity index is 1.97. The second kappa shape index (κ2) is 6.00. The van der Waals surface area contributed by atoms with Crippen molar-refractivity contribution in [3.63, 3.8) is 0 Å². The third-order valence-corrected chi connectivity index (χ3v) is 4.22. The van der Waals surface area contributed by atoms with E-state index in [0.29, 0.717) is 16.8 Å². The molecule has 0 aliphatic rings. The van der Waals surface area contributed by atoms with E-state index in [1.165, 1.54) is 12.1 Å². The lowest BCUT2D eigenvalue weighted by molar-refractivity contribution is 0.414. The van der Waals surface area contributed by atoms with Gasteiger partial charge in [-0.15, -0.1) is 0 Å². The van der Waals surface area contributed by atoms with Crippen molar-refractivity contribution in [3.8, 4) is 39.9 Å². The van der Waals surface area contributed by atoms with Crippen LogP contribution in [0.15, 0.2) is 60.7 Å². The fourth-order valence-electron chi connectivity index (χ4n) is 2.94. The van der Waals surface area contributed by atoms with Crippen molar-refractivity contribution in [2.24, 2.45) is 0 Å². The third-order valence-electron chi connectivity index (χ3n) is 4.22. The summed E-state index contributed by atoms with van der Waals surface area (Å²) in [7, 11) is 1.60. The SMILES string of the molecule is COc1ccc(-n2nc(-c3ccc(O)cc3O)c3ccc(O)cc32)cc1. The minimum atomic E-state index is -0.0700. The Hall–Kier alpha value is -3.67. The third kappa shape index (κ3) is 2.57. The zero-order chi connectivity index (χ0) is 18.3. The maximum absolute atomic E-state index is 10.2. The molecule has 0 amide bonds. The van der Waals surface area contributed by atoms with Crippen molar-refractivity contribution in [2.45, 2.75) is 0 Å². The quantitative estimate of drug-likeness (QED) is 0.524. The first-order chi connectivity index (χ1) is 12.6. The van der Waals surface area contributed by atoms with Crippen LogP contribution in [0.25, 0.3) is 27.8 Å². The number of nitrogens with zero attached hydrogens (tertiary/aromatic N) is 2. The topological polar surface area (TPSA) is 87.7 Å². The molecule has 26 heavy (non-hydrogen) atoms. The highest BCUT2D eigenvalue weighted by molar-refractivity contribution is 5.96. The number of rotatable bonds is 3. The number of hydrogen-bond acceptors (Lipinski definition) is 5. The Labute approximate surface area is 149 Å². The second-order valence-corrected chi connectivity index (χ2v) is 5.86. The molecule has 3 aromatic carbocycles. The molecule has 4 rings (SSSR count). The monoisotopic (exact) mass is 348 g/mol. The molecule has 0 fully saturated rings. The van der Waals surface area contributed by atoms with E-state index in [4.69, 9.17) is 4.74 Å². The summed E-state index contributed by atoms with van der Waals surface area (Å²) in [6.07, 6.45) is 0. The number of hydrogen-bond donors (Lipinski definition) is 3. The standard InChI is InChI=1S/C20H16N2O4/c1-26-15-6-2-12(3-7-15)22-18-10-13(23)4-8-16(18)20(21-22)17-9-5-14(24)11-19(17)25/h2-11,23-25H,1H3. The summed E-state index contributed by atoms with van der Waals surface area (Å²) in [6.45, 7) is 0. The van der Waals surface area contributed by atoms with Gasteiger partial charge < -0.3 is 20.1 Å². The molecule has 0 spiro atoms. The van der Waals surface area contributed by atoms with Crippen LogP contribution in [-0.4, -0.2) is 32.2 Å². The van der Waals surface area contributed by atoms with Crippen LogP contribution in [0.1, 0.15) is 0 Å². The van der Waals surface area contributed by atoms with Crippen LogP contribution in [0.3, 0.4) is 0 Å². The molecule has 130 valence electrons. The molecular formula is C20H16N2O4. The van der Waals surface area contributed by atoms with Crippen molar-refractivity contribution in [1.29, 1.82) is 0 Å². The fraction of sp³-hybridized carbons (Fsp3) is 0.0500. The smallest absolute Gasteiger partial charge is 0.128 e. The van der Waals surface area contributed by atoms with Gasteiger partial charge in [-0.3, -0.25) is 0 Å². The maximum Gasteiger partial charge on any atom is 0.128 e. The van der Waals surface area contributed by atoms with Gasteiger partial charge >= 0.3 is 0 Å². The van der Waals surface area contributed by atoms with Crippen molar-refractivity contribution in [3.05, 3.63) is 60.7 Å². The first kappa shape index (κ1) is 15.8. The van der Waals surface area contributed by atoms with Crippen molar-refractivity contribution >= 4 is 10.9 Å². The molecule has 0 aliphatic carbocycles. The number of phenols is 3. The molecule has 6 heteroatoms. The van der Waals surface area contributed by atoms with Gasteiger partial charge in [0.05, 0.1) is 18.3 Å². The van der Waals surface area contributed by atoms with Gasteiger partial charge in [-0.05, 0) is 48.5 Å². The van der Waals surface area contributed by atoms with Crippen LogP contribution in [0, 0.1) is 0 Å². The fourth-order valence-corrected chi connectivity index (χ4v) is 2.94. The van der Waals surface area contributed by atoms with Crippen LogP contribution in [0.5, 0.6) is 23.0 Å². The van der Waals surface area contributed by atoms with Gasteiger partial charge in [0.2, 0.25) is 0 Å². The lowest BCUT2D eigenvalue weighted by Gasteiger charge is -2.05. The number of ether oxygens (including phenoxy) is 1. The molecule has 1 heterocycles. The molecule has 0 saturated heterocycles. The van der Waals surface area contributed by atoms with Crippen molar-refractivity contribution in [1.82, 2.24) is 9.78 Å². The Morgan fingerprint density at radius 1 is 0.846 bits per heavy atom. The number of methoxy groups -OCH3 is 1. The van der Waals surface area contributed by atoms with E-state index in [9.17, 15) is 15.3 Å². The average molecular weight is 348 g/mol. The molecular weight excluding hydrogens is 332 g/mol. The zero-order valence-corrected chi connectivity index (χ0v) is 13.9. The summed E-state index contributed by atoms with van der Waals surface area (Å²) in [5.41, 5.74) is 2.52. The van der Waals surface area contributed by atoms with E-state index in [0.717, 1.165) is 16.8 Å². The summed E-state index contributed by atoms with van der Waals surface area (Å²) in [5, 5.41) is 35.1. The molecule has 0 bridgehead atoms. The Kier molecular flexibility index (Phi) is 3.65. The number of aromatic hydroxyl groups is 3. The summed E-state index contributed by atoms with van der Waals surface area (Å²) in [4.78, 5) is 0. The van der Waals surface area contributed by atoms with Crippen molar-refractivity contribution in [2.75, 3.05) is 7.11 Å². The van der Waals surface area contributed by atoms with Crippen LogP contribution < -0.4 is 4.74 Å². The van der Waals surface area contributed by atoms with Gasteiger partial charge in [0.15, 0.2) is 0 Å². The second-order valence-electron chi connectivity index (χ2n) is 5.86. The van der Waals surface area contributed by atoms with E-state index < -0.39 is 0 Å². The van der Waals surface area contributed by atoms with Crippen LogP contribution in [0.2, 0.25) is 0 Å². The molecule has 0 aliphatic heterocycles. The van der Waals surface area contributed by atoms with Gasteiger partial charge in [-0.25, -0.2) is 4.68 Å². The van der Waals surface area contributed by atoms with E-state index in [2.05, 4.69) is 5.10 Å². The maximum atomic E-state index is 10.2. The van der Waals surface area contributed by atoms with Gasteiger partial charge in [0.1, 0.15) is 28.7 Å². The van der Waals surface area contributed by atoms with Crippen LogP contribution in [-0.2, 0) is 0 Å². The highest BCUT2D eigenvalue weighted by Crippen LogP contribution is 2.37. The van der Waals surface area contributed by atoms with E-state index in [1.54, 1.807) is 36.1 Å². The van der Waals surface area contributed by atoms with E-state index in [-0.39, 0.29) is 17.2 Å². The molecule has 0 radical (unpaired) electrons. The molecule has 3 N–H and O–H groups in total. The number of aromatic nitrogens is 2. The zero-order valence-electron chi connectivity index (χ0n) is 13.9. The predicted molar refractivity (Wildman–Crippen MR) is 98.1 cm³/mol. The predicted octanol–water partition coefficient (Wildman–Crippen LogP) is 3.82. The summed E-state index contributed by atoms with van der Waals surface area (Å²) >= 11 is 0. The van der Waals surface area contributed by atoms with Crippen molar-refractivity contribution < 1.29 is 20.1 Å². The minimum absolute atomic E-state index is 0.0252. The number of fused-ring (bicyclic) bond motifs is 1. The number of benzene rings is 3. The molecule has 0 atom stereocenters. The molecule has 0 saturated carbocycles. The Bertz CT molecular complexity index is 1100. The molecule has 4 aromatic rings. The van der Waals surface area contributed by atoms with E-state index in [1.807, 2.05) is 24.3 Å². The first-order valence-electron chi connectivity index (χ1n) is 7.95.